The Hall–Kier alpha value is -4.37. The van der Waals surface area contributed by atoms with Crippen LogP contribution in [-0.2, 0) is 32.9 Å². The van der Waals surface area contributed by atoms with Gasteiger partial charge in [0.2, 0.25) is 0 Å². The molecule has 3 aromatic heterocycles. The Kier molecular flexibility index (Phi) is 7.53. The van der Waals surface area contributed by atoms with Crippen LogP contribution in [0.5, 0.6) is 0 Å². The first-order chi connectivity index (χ1) is 24.1. The topological polar surface area (TPSA) is 38.9 Å². The van der Waals surface area contributed by atoms with Crippen LogP contribution in [0.1, 0.15) is 52.6 Å². The van der Waals surface area contributed by atoms with Crippen molar-refractivity contribution in [3.63, 3.8) is 0 Å². The van der Waals surface area contributed by atoms with Gasteiger partial charge in [-0.3, -0.25) is 0 Å². The van der Waals surface area contributed by atoms with E-state index in [-0.39, 0.29) is 25.7 Å². The average Bonchev–Trinajstić information content (AvgIpc) is 3.51. The van der Waals surface area contributed by atoms with E-state index in [1.807, 2.05) is 81.4 Å². The molecule has 0 spiro atoms. The number of furan rings is 1. The van der Waals surface area contributed by atoms with E-state index in [1.54, 1.807) is 54.9 Å². The number of para-hydroxylation sites is 1. The summed E-state index contributed by atoms with van der Waals surface area (Å²) in [6.45, 7) is 3.23. The SMILES string of the molecule is [2H]C([2H])([2H])c1c[c-]c(-c2cc(C([2H])([2H])C(C)(C)C)ccn2)c2oc3ccccc3c12.[2H]C([2H])(c1ccccc1)c1cc[c-]c(-c2ccccn2)c1.[Ir]. The summed E-state index contributed by atoms with van der Waals surface area (Å²) in [6.07, 6.45) is 0.159. The molecule has 0 unspecified atom stereocenters. The van der Waals surface area contributed by atoms with Crippen LogP contribution in [0.25, 0.3) is 44.5 Å². The second kappa shape index (κ2) is 14.2. The molecule has 0 atom stereocenters. The minimum Gasteiger partial charge on any atom is -0.501 e. The van der Waals surface area contributed by atoms with Crippen molar-refractivity contribution in [2.45, 2.75) is 40.4 Å². The van der Waals surface area contributed by atoms with Gasteiger partial charge in [-0.15, -0.1) is 53.1 Å². The molecule has 3 heterocycles. The van der Waals surface area contributed by atoms with E-state index in [1.165, 1.54) is 6.07 Å². The Morgan fingerprint density at radius 1 is 0.778 bits per heavy atom. The number of fused-ring (bicyclic) bond motifs is 3. The number of benzene rings is 4. The molecule has 0 saturated heterocycles. The Morgan fingerprint density at radius 2 is 1.56 bits per heavy atom. The summed E-state index contributed by atoms with van der Waals surface area (Å²) in [4.78, 5) is 8.71. The van der Waals surface area contributed by atoms with Gasteiger partial charge < -0.3 is 14.4 Å². The molecule has 45 heavy (non-hydrogen) atoms. The molecule has 1 radical (unpaired) electrons. The van der Waals surface area contributed by atoms with Gasteiger partial charge in [-0.25, -0.2) is 0 Å². The third-order valence-corrected chi connectivity index (χ3v) is 6.79. The van der Waals surface area contributed by atoms with Crippen molar-refractivity contribution in [2.75, 3.05) is 0 Å². The smallest absolute Gasteiger partial charge is 0.120 e. The summed E-state index contributed by atoms with van der Waals surface area (Å²) in [5.41, 5.74) is 4.88. The average molecular weight is 772 g/mol. The summed E-state index contributed by atoms with van der Waals surface area (Å²) in [6, 6.07) is 38.5. The number of aryl methyl sites for hydroxylation is 1. The Bertz CT molecular complexity index is 2300. The molecule has 0 N–H and O–H groups in total. The predicted molar refractivity (Wildman–Crippen MR) is 181 cm³/mol. The van der Waals surface area contributed by atoms with Crippen molar-refractivity contribution in [3.05, 3.63) is 156 Å². The molecule has 7 aromatic rings. The molecule has 0 fully saturated rings. The summed E-state index contributed by atoms with van der Waals surface area (Å²) in [7, 11) is 0. The molecule has 4 aromatic carbocycles. The fourth-order valence-electron chi connectivity index (χ4n) is 4.94. The number of hydrogen-bond acceptors (Lipinski definition) is 3. The van der Waals surface area contributed by atoms with Crippen molar-refractivity contribution in [3.8, 4) is 22.5 Å². The second-order valence-corrected chi connectivity index (χ2v) is 11.4. The largest absolute Gasteiger partial charge is 0.501 e. The third-order valence-electron chi connectivity index (χ3n) is 6.79. The van der Waals surface area contributed by atoms with Crippen molar-refractivity contribution in [2.24, 2.45) is 5.41 Å². The quantitative estimate of drug-likeness (QED) is 0.164. The van der Waals surface area contributed by atoms with Crippen LogP contribution in [0, 0.1) is 24.4 Å². The van der Waals surface area contributed by atoms with Crippen molar-refractivity contribution in [1.82, 2.24) is 9.97 Å². The number of nitrogens with zero attached hydrogens (tertiary/aromatic N) is 2. The van der Waals surface area contributed by atoms with Crippen molar-refractivity contribution >= 4 is 21.9 Å². The first-order valence-corrected chi connectivity index (χ1v) is 14.4. The first-order valence-electron chi connectivity index (χ1n) is 17.9. The zero-order valence-electron chi connectivity index (χ0n) is 32.2. The molecule has 0 amide bonds. The number of hydrogen-bond donors (Lipinski definition) is 0. The standard InChI is InChI=1S/C23H22NO.C18H14N.Ir/c1-15-9-10-17(19-13-16(11-12-24-19)14-23(2,3)4)22-21(15)18-7-5-6-8-20(18)25-22;1-2-7-15(8-3-1)13-16-9-6-10-17(14-16)18-11-4-5-12-19-18;/h5-9,11-13H,14H2,1-4H3;1-9,11-12,14H,13H2;/q2*-1;/i1D3,14D2;13D2;. The van der Waals surface area contributed by atoms with E-state index in [4.69, 9.17) is 14.0 Å². The van der Waals surface area contributed by atoms with E-state index < -0.39 is 25.0 Å². The molecular formula is C41H36IrN2O-2. The van der Waals surface area contributed by atoms with Crippen LogP contribution in [0.15, 0.2) is 126 Å². The number of pyridine rings is 2. The fourth-order valence-corrected chi connectivity index (χ4v) is 4.94. The Labute approximate surface area is 289 Å². The molecule has 3 nitrogen and oxygen atoms in total. The van der Waals surface area contributed by atoms with E-state index in [2.05, 4.69) is 22.1 Å². The molecule has 0 aliphatic carbocycles. The zero-order chi connectivity index (χ0) is 36.6. The van der Waals surface area contributed by atoms with E-state index >= 15 is 0 Å². The van der Waals surface area contributed by atoms with Crippen molar-refractivity contribution < 1.29 is 34.1 Å². The van der Waals surface area contributed by atoms with Gasteiger partial charge in [0.05, 0.1) is 5.58 Å². The molecule has 0 bridgehead atoms. The van der Waals surface area contributed by atoms with Gasteiger partial charge in [0, 0.05) is 47.5 Å². The van der Waals surface area contributed by atoms with Gasteiger partial charge in [-0.2, -0.15) is 0 Å². The minimum atomic E-state index is -2.32. The third kappa shape index (κ3) is 7.83. The molecule has 0 aliphatic rings. The van der Waals surface area contributed by atoms with Crippen LogP contribution in [0.2, 0.25) is 0 Å². The maximum absolute atomic E-state index is 8.58. The second-order valence-electron chi connectivity index (χ2n) is 11.4. The summed E-state index contributed by atoms with van der Waals surface area (Å²) < 4.78 is 63.8. The van der Waals surface area contributed by atoms with E-state index in [9.17, 15) is 0 Å². The van der Waals surface area contributed by atoms with Crippen LogP contribution in [0.3, 0.4) is 0 Å². The Morgan fingerprint density at radius 3 is 2.33 bits per heavy atom. The van der Waals surface area contributed by atoms with Gasteiger partial charge >= 0.3 is 0 Å². The fraction of sp³-hybridized carbons (Fsp3) is 0.171. The zero-order valence-corrected chi connectivity index (χ0v) is 27.6. The molecule has 0 aliphatic heterocycles. The van der Waals surface area contributed by atoms with Gasteiger partial charge in [-0.1, -0.05) is 111 Å². The predicted octanol–water partition coefficient (Wildman–Crippen LogP) is 10.5. The number of rotatable bonds is 5. The molecule has 0 saturated carbocycles. The number of aromatic nitrogens is 2. The first kappa shape index (κ1) is 23.9. The Balaban J connectivity index is 0.000000209. The van der Waals surface area contributed by atoms with Gasteiger partial charge in [-0.05, 0) is 53.3 Å². The molecule has 7 rings (SSSR count). The van der Waals surface area contributed by atoms with Crippen molar-refractivity contribution in [1.29, 1.82) is 0 Å². The molecule has 227 valence electrons. The maximum Gasteiger partial charge on any atom is 0.120 e. The van der Waals surface area contributed by atoms with Crippen LogP contribution in [0.4, 0.5) is 0 Å². The van der Waals surface area contributed by atoms with Crippen LogP contribution >= 0.6 is 0 Å². The molecule has 4 heteroatoms. The van der Waals surface area contributed by atoms with Gasteiger partial charge in [0.25, 0.3) is 0 Å². The van der Waals surface area contributed by atoms with Crippen LogP contribution in [-0.4, -0.2) is 9.97 Å². The van der Waals surface area contributed by atoms with Gasteiger partial charge in [0.15, 0.2) is 0 Å². The summed E-state index contributed by atoms with van der Waals surface area (Å²) in [5, 5.41) is 1.24. The monoisotopic (exact) mass is 772 g/mol. The summed E-state index contributed by atoms with van der Waals surface area (Å²) >= 11 is 0. The molecular weight excluding hydrogens is 729 g/mol. The van der Waals surface area contributed by atoms with Gasteiger partial charge in [0.1, 0.15) is 5.58 Å². The maximum atomic E-state index is 8.58. The normalized spacial score (nSPS) is 14.3. The van der Waals surface area contributed by atoms with E-state index in [0.29, 0.717) is 44.5 Å². The minimum absolute atomic E-state index is 0. The van der Waals surface area contributed by atoms with Crippen LogP contribution < -0.4 is 0 Å². The summed E-state index contributed by atoms with van der Waals surface area (Å²) in [5.74, 6) is 0. The van der Waals surface area contributed by atoms with E-state index in [0.717, 1.165) is 16.6 Å².